The predicted octanol–water partition coefficient (Wildman–Crippen LogP) is 5.21. The second-order valence-electron chi connectivity index (χ2n) is 10.4. The van der Waals surface area contributed by atoms with E-state index in [1.54, 1.807) is 13.1 Å². The van der Waals surface area contributed by atoms with Crippen LogP contribution >= 0.6 is 11.3 Å². The summed E-state index contributed by atoms with van der Waals surface area (Å²) in [4.78, 5) is 31.4. The number of carbonyl (C=O) groups is 1. The number of nitrogens with one attached hydrogen (secondary N) is 2. The minimum atomic E-state index is -4.97. The maximum absolute atomic E-state index is 13.8. The zero-order chi connectivity index (χ0) is 28.2. The molecule has 2 N–H and O–H groups in total. The Morgan fingerprint density at radius 1 is 1.15 bits per heavy atom. The number of amides is 1. The average Bonchev–Trinajstić information content (AvgIpc) is 3.37. The van der Waals surface area contributed by atoms with Crippen molar-refractivity contribution in [3.05, 3.63) is 62.4 Å². The van der Waals surface area contributed by atoms with Gasteiger partial charge in [0.15, 0.2) is 0 Å². The number of hydrogen-bond acceptors (Lipinski definition) is 5. The Morgan fingerprint density at radius 3 is 2.38 bits per heavy atom. The third-order valence-corrected chi connectivity index (χ3v) is 8.90. The maximum atomic E-state index is 13.8. The van der Waals surface area contributed by atoms with E-state index in [9.17, 15) is 35.9 Å². The van der Waals surface area contributed by atoms with E-state index in [-0.39, 0.29) is 23.1 Å². The zero-order valence-corrected chi connectivity index (χ0v) is 21.7. The molecule has 3 heterocycles. The van der Waals surface area contributed by atoms with Gasteiger partial charge >= 0.3 is 12.4 Å². The summed E-state index contributed by atoms with van der Waals surface area (Å²) in [7, 11) is 1.65. The van der Waals surface area contributed by atoms with Crippen molar-refractivity contribution in [3.8, 4) is 0 Å². The number of hydrogen-bond donors (Lipinski definition) is 2. The molecule has 1 aliphatic carbocycles. The highest BCUT2D eigenvalue weighted by Crippen LogP contribution is 2.50. The molecule has 0 radical (unpaired) electrons. The molecule has 3 aromatic rings. The molecule has 39 heavy (non-hydrogen) atoms. The van der Waals surface area contributed by atoms with Gasteiger partial charge in [-0.05, 0) is 55.1 Å². The molecule has 1 saturated carbocycles. The molecular formula is C26H26F6N4O2S. The van der Waals surface area contributed by atoms with Crippen molar-refractivity contribution in [1.29, 1.82) is 0 Å². The van der Waals surface area contributed by atoms with Gasteiger partial charge in [-0.3, -0.25) is 9.59 Å². The molecule has 1 aromatic carbocycles. The Kier molecular flexibility index (Phi) is 7.03. The first-order valence-electron chi connectivity index (χ1n) is 12.5. The highest BCUT2D eigenvalue weighted by molar-refractivity contribution is 7.18. The van der Waals surface area contributed by atoms with E-state index in [4.69, 9.17) is 4.98 Å². The zero-order valence-electron chi connectivity index (χ0n) is 20.9. The van der Waals surface area contributed by atoms with Crippen LogP contribution < -0.4 is 16.2 Å². The van der Waals surface area contributed by atoms with E-state index < -0.39 is 41.3 Å². The van der Waals surface area contributed by atoms with E-state index in [1.807, 2.05) is 0 Å². The summed E-state index contributed by atoms with van der Waals surface area (Å²) < 4.78 is 81.4. The molecule has 5 rings (SSSR count). The maximum Gasteiger partial charge on any atom is 0.416 e. The van der Waals surface area contributed by atoms with Crippen molar-refractivity contribution in [2.75, 3.05) is 13.1 Å². The van der Waals surface area contributed by atoms with Crippen LogP contribution in [0, 0.1) is 11.3 Å². The number of benzene rings is 1. The smallest absolute Gasteiger partial charge is 0.351 e. The number of nitrogens with zero attached hydrogens (tertiary/aromatic N) is 2. The third kappa shape index (κ3) is 5.56. The number of halogens is 6. The molecule has 2 fully saturated rings. The Balaban J connectivity index is 1.47. The number of fused-ring (bicyclic) bond motifs is 1. The first kappa shape index (κ1) is 27.6. The number of aryl methyl sites for hydroxylation is 1. The van der Waals surface area contributed by atoms with Crippen LogP contribution in [0.4, 0.5) is 26.3 Å². The fourth-order valence-electron chi connectivity index (χ4n) is 5.29. The highest BCUT2D eigenvalue weighted by atomic mass is 32.1. The summed E-state index contributed by atoms with van der Waals surface area (Å²) in [5.74, 6) is -0.383. The molecule has 0 spiro atoms. The van der Waals surface area contributed by atoms with Gasteiger partial charge in [0.25, 0.3) is 5.56 Å². The SMILES string of the molecule is Cn1c(=O)ccc2nc(C(CC3CC3)C3(C(=O)NCc4cc(C(F)(F)F)cc(C(F)(F)F)c4)CCNC3)sc21. The van der Waals surface area contributed by atoms with Crippen LogP contribution in [0.25, 0.3) is 10.3 Å². The van der Waals surface area contributed by atoms with Gasteiger partial charge in [0.1, 0.15) is 4.83 Å². The fraction of sp³-hybridized carbons (Fsp3) is 0.500. The molecule has 6 nitrogen and oxygen atoms in total. The van der Waals surface area contributed by atoms with Gasteiger partial charge in [0.05, 0.1) is 27.1 Å². The number of aromatic nitrogens is 2. The first-order chi connectivity index (χ1) is 18.3. The van der Waals surface area contributed by atoms with E-state index in [2.05, 4.69) is 10.6 Å². The summed E-state index contributed by atoms with van der Waals surface area (Å²) in [5.41, 5.74) is -3.70. The van der Waals surface area contributed by atoms with Crippen LogP contribution in [-0.2, 0) is 30.7 Å². The van der Waals surface area contributed by atoms with Crippen molar-refractivity contribution in [3.63, 3.8) is 0 Å². The number of carbonyl (C=O) groups excluding carboxylic acids is 1. The molecule has 210 valence electrons. The highest BCUT2D eigenvalue weighted by Gasteiger charge is 2.51. The lowest BCUT2D eigenvalue weighted by Gasteiger charge is -2.35. The van der Waals surface area contributed by atoms with Gasteiger partial charge in [-0.1, -0.05) is 12.8 Å². The van der Waals surface area contributed by atoms with Gasteiger partial charge in [0, 0.05) is 32.1 Å². The molecule has 1 saturated heterocycles. The van der Waals surface area contributed by atoms with Crippen LogP contribution in [0.1, 0.15) is 53.3 Å². The van der Waals surface area contributed by atoms with E-state index >= 15 is 0 Å². The number of alkyl halides is 6. The summed E-state index contributed by atoms with van der Waals surface area (Å²) >= 11 is 1.34. The second kappa shape index (κ2) is 9.92. The average molecular weight is 573 g/mol. The van der Waals surface area contributed by atoms with E-state index in [0.29, 0.717) is 59.3 Å². The molecule has 1 amide bonds. The van der Waals surface area contributed by atoms with Crippen molar-refractivity contribution in [2.45, 2.75) is 50.5 Å². The summed E-state index contributed by atoms with van der Waals surface area (Å²) in [6.45, 7) is 0.333. The van der Waals surface area contributed by atoms with Crippen molar-refractivity contribution >= 4 is 27.6 Å². The molecule has 2 aliphatic rings. The largest absolute Gasteiger partial charge is 0.416 e. The monoisotopic (exact) mass is 572 g/mol. The van der Waals surface area contributed by atoms with Crippen LogP contribution in [-0.4, -0.2) is 28.5 Å². The topological polar surface area (TPSA) is 76.0 Å². The molecule has 2 aromatic heterocycles. The lowest BCUT2D eigenvalue weighted by Crippen LogP contribution is -2.46. The minimum absolute atomic E-state index is 0.0693. The predicted molar refractivity (Wildman–Crippen MR) is 133 cm³/mol. The minimum Gasteiger partial charge on any atom is -0.351 e. The van der Waals surface area contributed by atoms with Gasteiger partial charge < -0.3 is 15.2 Å². The van der Waals surface area contributed by atoms with Crippen LogP contribution in [0.5, 0.6) is 0 Å². The standard InChI is InChI=1S/C26H26F6N4O2S/c1-36-20(37)5-4-19-22(36)39-21(35-19)18(10-14-2-3-14)24(6-7-33-13-24)23(38)34-12-15-8-16(25(27,28)29)11-17(9-15)26(30,31)32/h4-5,8-9,11,14,18,33H,2-3,6-7,10,12-13H2,1H3,(H,34,38). The number of pyridine rings is 1. The van der Waals surface area contributed by atoms with Crippen molar-refractivity contribution in [2.24, 2.45) is 18.4 Å². The molecule has 2 atom stereocenters. The third-order valence-electron chi connectivity index (χ3n) is 7.64. The first-order valence-corrected chi connectivity index (χ1v) is 13.3. The van der Waals surface area contributed by atoms with E-state index in [0.717, 1.165) is 12.8 Å². The Hall–Kier alpha value is -2.93. The van der Waals surface area contributed by atoms with Crippen LogP contribution in [0.3, 0.4) is 0 Å². The Morgan fingerprint density at radius 2 is 1.82 bits per heavy atom. The van der Waals surface area contributed by atoms with Crippen molar-refractivity contribution in [1.82, 2.24) is 20.2 Å². The lowest BCUT2D eigenvalue weighted by molar-refractivity contribution is -0.143. The lowest BCUT2D eigenvalue weighted by atomic mass is 9.71. The van der Waals surface area contributed by atoms with Gasteiger partial charge in [-0.15, -0.1) is 11.3 Å². The van der Waals surface area contributed by atoms with Gasteiger partial charge in [-0.25, -0.2) is 4.98 Å². The summed E-state index contributed by atoms with van der Waals surface area (Å²) in [6.07, 6.45) is -6.82. The normalized spacial score (nSPS) is 20.9. The molecule has 13 heteroatoms. The Bertz CT molecular complexity index is 1420. The van der Waals surface area contributed by atoms with E-state index in [1.165, 1.54) is 22.0 Å². The molecule has 1 aliphatic heterocycles. The number of rotatable bonds is 7. The van der Waals surface area contributed by atoms with Crippen LogP contribution in [0.2, 0.25) is 0 Å². The Labute approximate surface area is 223 Å². The molecule has 2 unspecified atom stereocenters. The van der Waals surface area contributed by atoms with Crippen LogP contribution in [0.15, 0.2) is 35.1 Å². The van der Waals surface area contributed by atoms with Crippen molar-refractivity contribution < 1.29 is 31.1 Å². The van der Waals surface area contributed by atoms with Gasteiger partial charge in [-0.2, -0.15) is 26.3 Å². The quantitative estimate of drug-likeness (QED) is 0.381. The number of thiazole rings is 1. The summed E-state index contributed by atoms with van der Waals surface area (Å²) in [5, 5.41) is 6.55. The molecular weight excluding hydrogens is 546 g/mol. The summed E-state index contributed by atoms with van der Waals surface area (Å²) in [6, 6.07) is 4.39. The second-order valence-corrected chi connectivity index (χ2v) is 11.4. The van der Waals surface area contributed by atoms with Gasteiger partial charge in [0.2, 0.25) is 5.91 Å². The molecule has 0 bridgehead atoms. The fourth-order valence-corrected chi connectivity index (χ4v) is 6.54.